The van der Waals surface area contributed by atoms with Crippen LogP contribution in [-0.4, -0.2) is 0 Å². The zero-order valence-corrected chi connectivity index (χ0v) is 14.4. The molecule has 3 unspecified atom stereocenters. The van der Waals surface area contributed by atoms with Crippen LogP contribution in [-0.2, 0) is 0 Å². The minimum absolute atomic E-state index is 0.453. The van der Waals surface area contributed by atoms with Gasteiger partial charge in [0.25, 0.3) is 0 Å². The Labute approximate surface area is 149 Å². The predicted octanol–water partition coefficient (Wildman–Crippen LogP) is 6.31. The van der Waals surface area contributed by atoms with Crippen molar-refractivity contribution in [2.24, 2.45) is 11.8 Å². The third-order valence-corrected chi connectivity index (χ3v) is 6.02. The highest BCUT2D eigenvalue weighted by Crippen LogP contribution is 2.54. The van der Waals surface area contributed by atoms with Gasteiger partial charge >= 0.3 is 0 Å². The van der Waals surface area contributed by atoms with Gasteiger partial charge in [0.15, 0.2) is 0 Å². The van der Waals surface area contributed by atoms with Crippen molar-refractivity contribution in [2.75, 3.05) is 0 Å². The fraction of sp³-hybridized carbons (Fsp3) is 0.240. The molecule has 0 bridgehead atoms. The molecule has 3 aliphatic rings. The highest BCUT2D eigenvalue weighted by molar-refractivity contribution is 5.86. The van der Waals surface area contributed by atoms with Crippen LogP contribution in [0.3, 0.4) is 0 Å². The van der Waals surface area contributed by atoms with Gasteiger partial charge in [-0.25, -0.2) is 0 Å². The molecular formula is C25H22. The van der Waals surface area contributed by atoms with Crippen LogP contribution in [0.1, 0.15) is 36.3 Å². The quantitative estimate of drug-likeness (QED) is 0.581. The molecule has 122 valence electrons. The van der Waals surface area contributed by atoms with Crippen molar-refractivity contribution in [3.8, 4) is 0 Å². The van der Waals surface area contributed by atoms with E-state index >= 15 is 0 Å². The van der Waals surface area contributed by atoms with E-state index in [1.165, 1.54) is 29.5 Å². The van der Waals surface area contributed by atoms with Crippen molar-refractivity contribution >= 4 is 5.57 Å². The van der Waals surface area contributed by atoms with Gasteiger partial charge in [-0.1, -0.05) is 72.3 Å². The summed E-state index contributed by atoms with van der Waals surface area (Å²) >= 11 is 0. The first kappa shape index (κ1) is 14.8. The minimum Gasteiger partial charge on any atom is -0.129 e. The molecule has 0 amide bonds. The molecule has 0 aromatic heterocycles. The zero-order chi connectivity index (χ0) is 16.6. The van der Waals surface area contributed by atoms with Crippen molar-refractivity contribution in [3.63, 3.8) is 0 Å². The van der Waals surface area contributed by atoms with E-state index in [0.29, 0.717) is 17.8 Å². The largest absolute Gasteiger partial charge is 0.129 e. The molecule has 3 aliphatic carbocycles. The molecule has 0 saturated carbocycles. The number of allylic oxidation sites excluding steroid dienone is 5. The van der Waals surface area contributed by atoms with Crippen molar-refractivity contribution < 1.29 is 0 Å². The van der Waals surface area contributed by atoms with Crippen LogP contribution in [0, 0.1) is 11.8 Å². The molecule has 0 N–H and O–H groups in total. The molecule has 0 aliphatic heterocycles. The predicted molar refractivity (Wildman–Crippen MR) is 104 cm³/mol. The molecule has 0 nitrogen and oxygen atoms in total. The fourth-order valence-corrected chi connectivity index (χ4v) is 4.88. The topological polar surface area (TPSA) is 0 Å². The lowest BCUT2D eigenvalue weighted by molar-refractivity contribution is 0.467. The lowest BCUT2D eigenvalue weighted by Crippen LogP contribution is -2.11. The summed E-state index contributed by atoms with van der Waals surface area (Å²) in [5.41, 5.74) is 10.9. The van der Waals surface area contributed by atoms with Crippen LogP contribution in [0.5, 0.6) is 0 Å². The summed E-state index contributed by atoms with van der Waals surface area (Å²) in [5.74, 6) is 1.74. The SMILES string of the molecule is C1=CCC(C2CCC3=C2C(c2ccccc2)=CC3c2ccccc2)C=1. The Bertz CT molecular complexity index is 905. The summed E-state index contributed by atoms with van der Waals surface area (Å²) < 4.78 is 0. The van der Waals surface area contributed by atoms with E-state index in [1.807, 2.05) is 0 Å². The second kappa shape index (κ2) is 6.06. The molecule has 0 radical (unpaired) electrons. The Kier molecular flexibility index (Phi) is 3.58. The third-order valence-electron chi connectivity index (χ3n) is 6.02. The van der Waals surface area contributed by atoms with Gasteiger partial charge in [-0.15, -0.1) is 5.73 Å². The van der Waals surface area contributed by atoms with E-state index in [-0.39, 0.29) is 0 Å². The van der Waals surface area contributed by atoms with Gasteiger partial charge in [-0.05, 0) is 65.5 Å². The Morgan fingerprint density at radius 1 is 0.880 bits per heavy atom. The summed E-state index contributed by atoms with van der Waals surface area (Å²) in [4.78, 5) is 0. The Hall–Kier alpha value is -2.56. The monoisotopic (exact) mass is 322 g/mol. The zero-order valence-electron chi connectivity index (χ0n) is 14.4. The van der Waals surface area contributed by atoms with Crippen molar-refractivity contribution in [1.82, 2.24) is 0 Å². The van der Waals surface area contributed by atoms with Crippen molar-refractivity contribution in [1.29, 1.82) is 0 Å². The van der Waals surface area contributed by atoms with Gasteiger partial charge in [-0.2, -0.15) is 0 Å². The Balaban J connectivity index is 1.62. The number of hydrogen-bond acceptors (Lipinski definition) is 0. The van der Waals surface area contributed by atoms with E-state index in [4.69, 9.17) is 0 Å². The molecule has 2 aromatic carbocycles. The maximum atomic E-state index is 3.33. The minimum atomic E-state index is 0.453. The van der Waals surface area contributed by atoms with Crippen molar-refractivity contribution in [2.45, 2.75) is 25.2 Å². The molecular weight excluding hydrogens is 300 g/mol. The normalized spacial score (nSPS) is 27.0. The number of hydrogen-bond donors (Lipinski definition) is 0. The first-order chi connectivity index (χ1) is 12.4. The van der Waals surface area contributed by atoms with Crippen LogP contribution >= 0.6 is 0 Å². The highest BCUT2D eigenvalue weighted by Gasteiger charge is 2.39. The number of rotatable bonds is 3. The first-order valence-corrected chi connectivity index (χ1v) is 9.38. The van der Waals surface area contributed by atoms with Gasteiger partial charge in [0.2, 0.25) is 0 Å². The molecule has 5 rings (SSSR count). The molecule has 0 heterocycles. The van der Waals surface area contributed by atoms with Gasteiger partial charge in [0, 0.05) is 5.92 Å². The molecule has 2 aromatic rings. The molecule has 0 spiro atoms. The van der Waals surface area contributed by atoms with Crippen LogP contribution in [0.25, 0.3) is 5.57 Å². The summed E-state index contributed by atoms with van der Waals surface area (Å²) in [6, 6.07) is 22.0. The summed E-state index contributed by atoms with van der Waals surface area (Å²) in [7, 11) is 0. The Morgan fingerprint density at radius 2 is 1.64 bits per heavy atom. The van der Waals surface area contributed by atoms with E-state index < -0.39 is 0 Å². The van der Waals surface area contributed by atoms with Crippen LogP contribution in [0.2, 0.25) is 0 Å². The van der Waals surface area contributed by atoms with Gasteiger partial charge in [0.05, 0.1) is 0 Å². The molecule has 0 saturated heterocycles. The summed E-state index contributed by atoms with van der Waals surface area (Å²) in [5, 5.41) is 0. The average molecular weight is 322 g/mol. The van der Waals surface area contributed by atoms with Crippen LogP contribution in [0.4, 0.5) is 0 Å². The van der Waals surface area contributed by atoms with Gasteiger partial charge < -0.3 is 0 Å². The third kappa shape index (κ3) is 2.46. The smallest absolute Gasteiger partial charge is 0.0243 e. The second-order valence-corrected chi connectivity index (χ2v) is 7.36. The first-order valence-electron chi connectivity index (χ1n) is 9.38. The molecule has 3 atom stereocenters. The van der Waals surface area contributed by atoms with Crippen LogP contribution in [0.15, 0.2) is 95.8 Å². The maximum Gasteiger partial charge on any atom is 0.0243 e. The standard InChI is InChI=1S/C25H22/c1-3-9-19(10-4-1)23-17-24(20-11-5-2-6-12-20)25-21(15-16-22(23)25)18-13-7-8-14-18/h1-7,9-12,14,17-18,21,23H,13,15-16H2. The van der Waals surface area contributed by atoms with E-state index in [9.17, 15) is 0 Å². The van der Waals surface area contributed by atoms with Crippen LogP contribution < -0.4 is 0 Å². The molecule has 0 fully saturated rings. The second-order valence-electron chi connectivity index (χ2n) is 7.36. The number of benzene rings is 2. The van der Waals surface area contributed by atoms with E-state index in [1.54, 1.807) is 11.1 Å². The Morgan fingerprint density at radius 3 is 2.36 bits per heavy atom. The average Bonchev–Trinajstić information content (AvgIpc) is 3.40. The highest BCUT2D eigenvalue weighted by atomic mass is 14.4. The maximum absolute atomic E-state index is 3.33. The lowest BCUT2D eigenvalue weighted by atomic mass is 9.82. The summed E-state index contributed by atoms with van der Waals surface area (Å²) in [6.07, 6.45) is 10.7. The van der Waals surface area contributed by atoms with E-state index in [0.717, 1.165) is 6.42 Å². The molecule has 25 heavy (non-hydrogen) atoms. The molecule has 0 heteroatoms. The van der Waals surface area contributed by atoms with Crippen molar-refractivity contribution in [3.05, 3.63) is 107 Å². The van der Waals surface area contributed by atoms with E-state index in [2.05, 4.69) is 84.6 Å². The fourth-order valence-electron chi connectivity index (χ4n) is 4.88. The lowest BCUT2D eigenvalue weighted by Gasteiger charge is -2.22. The summed E-state index contributed by atoms with van der Waals surface area (Å²) in [6.45, 7) is 0. The van der Waals surface area contributed by atoms with Gasteiger partial charge in [0.1, 0.15) is 0 Å². The van der Waals surface area contributed by atoms with Gasteiger partial charge in [-0.3, -0.25) is 0 Å².